The van der Waals surface area contributed by atoms with Gasteiger partial charge in [-0.2, -0.15) is 0 Å². The lowest BCUT2D eigenvalue weighted by Crippen LogP contribution is -2.35. The van der Waals surface area contributed by atoms with Crippen molar-refractivity contribution in [2.45, 2.75) is 51.2 Å². The van der Waals surface area contributed by atoms with Crippen molar-refractivity contribution in [3.63, 3.8) is 0 Å². The third kappa shape index (κ3) is 8.47. The zero-order valence-electron chi connectivity index (χ0n) is 24.3. The number of nitrogens with one attached hydrogen (secondary N) is 1. The molecule has 1 atom stereocenters. The van der Waals surface area contributed by atoms with Crippen LogP contribution in [0.2, 0.25) is 0 Å². The summed E-state index contributed by atoms with van der Waals surface area (Å²) < 4.78 is 23.0. The van der Waals surface area contributed by atoms with E-state index in [2.05, 4.69) is 17.4 Å². The molecule has 0 aliphatic heterocycles. The summed E-state index contributed by atoms with van der Waals surface area (Å²) in [5, 5.41) is 13.0. The monoisotopic (exact) mass is 549 g/mol. The van der Waals surface area contributed by atoms with Crippen LogP contribution in [0.15, 0.2) is 78.9 Å². The van der Waals surface area contributed by atoms with Crippen LogP contribution in [0.4, 0.5) is 4.79 Å². The van der Waals surface area contributed by atoms with Gasteiger partial charge in [0.2, 0.25) is 0 Å². The van der Waals surface area contributed by atoms with E-state index in [0.29, 0.717) is 13.2 Å². The van der Waals surface area contributed by atoms with Crippen LogP contribution in [0, 0.1) is 5.92 Å². The minimum atomic E-state index is -0.925. The predicted molar refractivity (Wildman–Crippen MR) is 157 cm³/mol. The second-order valence-corrected chi connectivity index (χ2v) is 10.8. The summed E-state index contributed by atoms with van der Waals surface area (Å²) in [7, 11) is 3.29. The standard InChI is InChI=1S/C33H43NO6/c1-32(2,3)40-31(36)34-22-10-9-11-25(23-35)24-39-33(26-12-7-6-8-13-26,27-14-18-29(37-4)19-15-27)28-16-20-30(38-5)21-17-28/h6-8,12-21,25,35H,9-11,22-24H2,1-5H3,(H,34,36). The number of hydrogen-bond donors (Lipinski definition) is 2. The molecule has 3 aromatic carbocycles. The van der Waals surface area contributed by atoms with Gasteiger partial charge in [0.15, 0.2) is 0 Å². The van der Waals surface area contributed by atoms with Crippen molar-refractivity contribution in [2.75, 3.05) is 34.0 Å². The Hall–Kier alpha value is -3.55. The number of rotatable bonds is 14. The topological polar surface area (TPSA) is 86.2 Å². The fraction of sp³-hybridized carbons (Fsp3) is 0.424. The summed E-state index contributed by atoms with van der Waals surface area (Å²) in [4.78, 5) is 11.9. The average molecular weight is 550 g/mol. The second kappa shape index (κ2) is 14.7. The summed E-state index contributed by atoms with van der Waals surface area (Å²) in [6.07, 6.45) is 1.94. The van der Waals surface area contributed by atoms with Gasteiger partial charge in [0.1, 0.15) is 22.7 Å². The molecule has 0 radical (unpaired) electrons. The zero-order valence-corrected chi connectivity index (χ0v) is 24.3. The molecule has 0 bridgehead atoms. The largest absolute Gasteiger partial charge is 0.497 e. The number of unbranched alkanes of at least 4 members (excludes halogenated alkanes) is 1. The Balaban J connectivity index is 1.82. The van der Waals surface area contributed by atoms with Crippen LogP contribution in [-0.2, 0) is 15.1 Å². The Labute approximate surface area is 238 Å². The van der Waals surface area contributed by atoms with Gasteiger partial charge in [-0.05, 0) is 74.6 Å². The van der Waals surface area contributed by atoms with Gasteiger partial charge in [-0.1, -0.05) is 61.0 Å². The molecule has 216 valence electrons. The molecule has 0 aliphatic rings. The van der Waals surface area contributed by atoms with E-state index < -0.39 is 17.3 Å². The van der Waals surface area contributed by atoms with Crippen LogP contribution < -0.4 is 14.8 Å². The first-order chi connectivity index (χ1) is 19.2. The Morgan fingerprint density at radius 2 is 1.32 bits per heavy atom. The van der Waals surface area contributed by atoms with Crippen molar-refractivity contribution < 1.29 is 28.8 Å². The van der Waals surface area contributed by atoms with Gasteiger partial charge in [-0.15, -0.1) is 0 Å². The summed E-state index contributed by atoms with van der Waals surface area (Å²) in [5.74, 6) is 1.43. The molecule has 3 aromatic rings. The molecule has 1 unspecified atom stereocenters. The highest BCUT2D eigenvalue weighted by molar-refractivity contribution is 5.67. The van der Waals surface area contributed by atoms with Crippen LogP contribution in [0.1, 0.15) is 56.7 Å². The van der Waals surface area contributed by atoms with Gasteiger partial charge >= 0.3 is 6.09 Å². The summed E-state index contributed by atoms with van der Waals surface area (Å²) in [5.41, 5.74) is 1.42. The third-order valence-corrected chi connectivity index (χ3v) is 6.67. The lowest BCUT2D eigenvalue weighted by atomic mass is 9.79. The van der Waals surface area contributed by atoms with E-state index in [0.717, 1.165) is 47.5 Å². The quantitative estimate of drug-likeness (QED) is 0.181. The molecule has 40 heavy (non-hydrogen) atoms. The van der Waals surface area contributed by atoms with E-state index in [1.54, 1.807) is 14.2 Å². The van der Waals surface area contributed by atoms with Crippen molar-refractivity contribution in [2.24, 2.45) is 5.92 Å². The average Bonchev–Trinajstić information content (AvgIpc) is 2.96. The van der Waals surface area contributed by atoms with Crippen LogP contribution in [0.5, 0.6) is 11.5 Å². The molecular weight excluding hydrogens is 506 g/mol. The number of aliphatic hydroxyl groups excluding tert-OH is 1. The van der Waals surface area contributed by atoms with Crippen molar-refractivity contribution in [1.29, 1.82) is 0 Å². The fourth-order valence-corrected chi connectivity index (χ4v) is 4.61. The maximum Gasteiger partial charge on any atom is 0.407 e. The molecule has 0 saturated heterocycles. The maximum atomic E-state index is 11.9. The lowest BCUT2D eigenvalue weighted by molar-refractivity contribution is -0.0206. The molecule has 7 heteroatoms. The minimum Gasteiger partial charge on any atom is -0.497 e. The number of carbonyl (C=O) groups excluding carboxylic acids is 1. The van der Waals surface area contributed by atoms with Crippen molar-refractivity contribution in [3.8, 4) is 11.5 Å². The normalized spacial score (nSPS) is 12.4. The number of methoxy groups -OCH3 is 2. The van der Waals surface area contributed by atoms with E-state index in [1.165, 1.54) is 0 Å². The molecule has 0 aliphatic carbocycles. The van der Waals surface area contributed by atoms with Crippen molar-refractivity contribution in [1.82, 2.24) is 5.32 Å². The molecule has 0 saturated carbocycles. The van der Waals surface area contributed by atoms with Gasteiger partial charge in [0, 0.05) is 19.1 Å². The van der Waals surface area contributed by atoms with Crippen molar-refractivity contribution in [3.05, 3.63) is 95.6 Å². The molecule has 0 aromatic heterocycles. The minimum absolute atomic E-state index is 0.00438. The summed E-state index contributed by atoms with van der Waals surface area (Å²) >= 11 is 0. The zero-order chi connectivity index (χ0) is 29.0. The number of hydrogen-bond acceptors (Lipinski definition) is 6. The maximum absolute atomic E-state index is 11.9. The van der Waals surface area contributed by atoms with E-state index in [-0.39, 0.29) is 12.5 Å². The number of benzene rings is 3. The molecule has 3 rings (SSSR count). The van der Waals surface area contributed by atoms with Gasteiger partial charge in [-0.3, -0.25) is 0 Å². The van der Waals surface area contributed by atoms with Crippen LogP contribution >= 0.6 is 0 Å². The van der Waals surface area contributed by atoms with Gasteiger partial charge in [0.05, 0.1) is 20.8 Å². The second-order valence-electron chi connectivity index (χ2n) is 10.8. The number of ether oxygens (including phenoxy) is 4. The molecule has 0 spiro atoms. The SMILES string of the molecule is COc1ccc(C(OCC(CO)CCCCNC(=O)OC(C)(C)C)(c2ccccc2)c2ccc(OC)cc2)cc1. The molecule has 0 heterocycles. The first kappa shape index (κ1) is 31.0. The molecule has 1 amide bonds. The number of alkyl carbamates (subject to hydrolysis) is 1. The predicted octanol–water partition coefficient (Wildman–Crippen LogP) is 6.32. The molecular formula is C33H43NO6. The molecule has 0 fully saturated rings. The van der Waals surface area contributed by atoms with Crippen molar-refractivity contribution >= 4 is 6.09 Å². The van der Waals surface area contributed by atoms with E-state index in [1.807, 2.05) is 87.5 Å². The highest BCUT2D eigenvalue weighted by Crippen LogP contribution is 2.42. The Kier molecular flexibility index (Phi) is 11.4. The van der Waals surface area contributed by atoms with Gasteiger partial charge in [0.25, 0.3) is 0 Å². The van der Waals surface area contributed by atoms with Crippen LogP contribution in [0.3, 0.4) is 0 Å². The number of carbonyl (C=O) groups is 1. The number of aliphatic hydroxyl groups is 1. The van der Waals surface area contributed by atoms with Crippen LogP contribution in [-0.4, -0.2) is 50.8 Å². The van der Waals surface area contributed by atoms with E-state index in [9.17, 15) is 9.90 Å². The smallest absolute Gasteiger partial charge is 0.407 e. The highest BCUT2D eigenvalue weighted by atomic mass is 16.6. The lowest BCUT2D eigenvalue weighted by Gasteiger charge is -2.37. The molecule has 2 N–H and O–H groups in total. The Morgan fingerprint density at radius 3 is 1.80 bits per heavy atom. The van der Waals surface area contributed by atoms with Gasteiger partial charge in [-0.25, -0.2) is 4.79 Å². The van der Waals surface area contributed by atoms with E-state index >= 15 is 0 Å². The summed E-state index contributed by atoms with van der Waals surface area (Å²) in [6, 6.07) is 25.9. The van der Waals surface area contributed by atoms with E-state index in [4.69, 9.17) is 18.9 Å². The summed E-state index contributed by atoms with van der Waals surface area (Å²) in [6.45, 7) is 6.36. The first-order valence-electron chi connectivity index (χ1n) is 13.8. The highest BCUT2D eigenvalue weighted by Gasteiger charge is 2.38. The van der Waals surface area contributed by atoms with Crippen LogP contribution in [0.25, 0.3) is 0 Å². The number of amides is 1. The third-order valence-electron chi connectivity index (χ3n) is 6.67. The fourth-order valence-electron chi connectivity index (χ4n) is 4.61. The van der Waals surface area contributed by atoms with Gasteiger partial charge < -0.3 is 29.4 Å². The first-order valence-corrected chi connectivity index (χ1v) is 13.8. The Bertz CT molecular complexity index is 1110. The Morgan fingerprint density at radius 1 is 0.800 bits per heavy atom. The molecule has 7 nitrogen and oxygen atoms in total.